The predicted molar refractivity (Wildman–Crippen MR) is 306 cm³/mol. The smallest absolute Gasteiger partial charge is 0.305 e. The summed E-state index contributed by atoms with van der Waals surface area (Å²) in [7, 11) is 0. The van der Waals surface area contributed by atoms with Gasteiger partial charge in [-0.1, -0.05) is 275 Å². The molecule has 0 aliphatic rings. The fourth-order valence-electron chi connectivity index (χ4n) is 9.61. The average Bonchev–Trinajstić information content (AvgIpc) is 3.36. The van der Waals surface area contributed by atoms with Crippen molar-refractivity contribution in [2.75, 3.05) is 13.2 Å². The van der Waals surface area contributed by atoms with Gasteiger partial charge in [0.1, 0.15) is 0 Å². The van der Waals surface area contributed by atoms with Gasteiger partial charge in [0.25, 0.3) is 0 Å². The van der Waals surface area contributed by atoms with Gasteiger partial charge in [-0.05, 0) is 83.5 Å². The largest absolute Gasteiger partial charge is 0.466 e. The van der Waals surface area contributed by atoms with E-state index in [9.17, 15) is 19.8 Å². The summed E-state index contributed by atoms with van der Waals surface area (Å²) in [6.45, 7) is 4.87. The molecule has 0 aliphatic carbocycles. The summed E-state index contributed by atoms with van der Waals surface area (Å²) in [6.07, 6.45) is 74.4. The lowest BCUT2D eigenvalue weighted by molar-refractivity contribution is -0.143. The van der Waals surface area contributed by atoms with Crippen LogP contribution in [0.3, 0.4) is 0 Å². The Morgan fingerprint density at radius 3 is 1.13 bits per heavy atom. The lowest BCUT2D eigenvalue weighted by Gasteiger charge is -2.22. The number of aliphatic hydroxyl groups is 2. The zero-order valence-electron chi connectivity index (χ0n) is 47.0. The first-order valence-corrected chi connectivity index (χ1v) is 31.2. The molecule has 0 bridgehead atoms. The first-order chi connectivity index (χ1) is 34.5. The number of amides is 1. The van der Waals surface area contributed by atoms with Gasteiger partial charge in [-0.15, -0.1) is 0 Å². The van der Waals surface area contributed by atoms with E-state index in [0.717, 1.165) is 89.9 Å². The van der Waals surface area contributed by atoms with Crippen LogP contribution >= 0.6 is 0 Å². The molecule has 0 fully saturated rings. The molecule has 0 radical (unpaired) electrons. The summed E-state index contributed by atoms with van der Waals surface area (Å²) in [5, 5.41) is 23.4. The van der Waals surface area contributed by atoms with Gasteiger partial charge < -0.3 is 20.3 Å². The number of allylic oxidation sites excluding steroid dienone is 6. The number of rotatable bonds is 58. The van der Waals surface area contributed by atoms with Crippen LogP contribution in [-0.4, -0.2) is 47.4 Å². The van der Waals surface area contributed by atoms with Gasteiger partial charge in [0.15, 0.2) is 0 Å². The Bertz CT molecular complexity index is 1130. The van der Waals surface area contributed by atoms with Crippen molar-refractivity contribution in [3.8, 4) is 0 Å². The van der Waals surface area contributed by atoms with Crippen LogP contribution in [0.1, 0.15) is 335 Å². The molecule has 0 aromatic rings. The summed E-state index contributed by atoms with van der Waals surface area (Å²) in [4.78, 5) is 24.6. The predicted octanol–water partition coefficient (Wildman–Crippen LogP) is 19.6. The van der Waals surface area contributed by atoms with E-state index >= 15 is 0 Å². The third kappa shape index (κ3) is 55.4. The Kier molecular flexibility index (Phi) is 58.0. The first-order valence-electron chi connectivity index (χ1n) is 31.2. The van der Waals surface area contributed by atoms with E-state index in [1.807, 2.05) is 0 Å². The van der Waals surface area contributed by atoms with Gasteiger partial charge in [-0.2, -0.15) is 0 Å². The Hall–Kier alpha value is -1.92. The van der Waals surface area contributed by atoms with E-state index in [1.165, 1.54) is 212 Å². The van der Waals surface area contributed by atoms with Gasteiger partial charge >= 0.3 is 5.97 Å². The SMILES string of the molecule is CCCCC/C=C\C/C=C\CCCCCCCCCCCC(=O)OCCCC/C=C\CCCCCCCC(=O)NC(CO)C(O)CCCCCCCCCCCCCCCCCCCCCCCCC. The molecule has 0 saturated carbocycles. The van der Waals surface area contributed by atoms with E-state index < -0.39 is 12.1 Å². The standard InChI is InChI=1S/C64H121NO5/c1-3-5-7-9-11-13-15-17-19-21-23-24-25-26-28-29-31-33-36-40-44-48-52-56-62(67)61(60-66)65-63(68)57-53-49-45-41-37-35-39-43-47-51-55-59-70-64(69)58-54-50-46-42-38-34-32-30-27-22-20-18-16-14-12-10-8-6-4-2/h12,14,18,20,39,43,61-62,66-67H,3-11,13,15-17,19,21-38,40-42,44-60H2,1-2H3,(H,65,68)/b14-12-,20-18-,43-39-. The van der Waals surface area contributed by atoms with Crippen LogP contribution in [0.25, 0.3) is 0 Å². The number of hydrogen-bond acceptors (Lipinski definition) is 5. The van der Waals surface area contributed by atoms with Crippen molar-refractivity contribution in [2.45, 2.75) is 347 Å². The number of hydrogen-bond donors (Lipinski definition) is 3. The maximum atomic E-state index is 12.5. The molecule has 0 heterocycles. The van der Waals surface area contributed by atoms with Crippen molar-refractivity contribution in [3.63, 3.8) is 0 Å². The van der Waals surface area contributed by atoms with E-state index in [2.05, 4.69) is 55.6 Å². The molecule has 2 atom stereocenters. The Balaban J connectivity index is 3.49. The van der Waals surface area contributed by atoms with E-state index in [4.69, 9.17) is 4.74 Å². The maximum Gasteiger partial charge on any atom is 0.305 e. The zero-order chi connectivity index (χ0) is 50.7. The van der Waals surface area contributed by atoms with Gasteiger partial charge in [0.05, 0.1) is 25.4 Å². The highest BCUT2D eigenvalue weighted by molar-refractivity contribution is 5.76. The molecule has 0 saturated heterocycles. The van der Waals surface area contributed by atoms with E-state index in [-0.39, 0.29) is 18.5 Å². The third-order valence-corrected chi connectivity index (χ3v) is 14.4. The quantitative estimate of drug-likeness (QED) is 0.0321. The maximum absolute atomic E-state index is 12.5. The average molecular weight is 985 g/mol. The number of ether oxygens (including phenoxy) is 1. The van der Waals surface area contributed by atoms with Crippen molar-refractivity contribution < 1.29 is 24.5 Å². The number of carbonyl (C=O) groups excluding carboxylic acids is 2. The van der Waals surface area contributed by atoms with Crippen molar-refractivity contribution in [1.82, 2.24) is 5.32 Å². The van der Waals surface area contributed by atoms with Crippen LogP contribution in [0.5, 0.6) is 0 Å². The molecule has 412 valence electrons. The molecule has 6 heteroatoms. The number of nitrogens with one attached hydrogen (secondary N) is 1. The summed E-state index contributed by atoms with van der Waals surface area (Å²) < 4.78 is 5.46. The summed E-state index contributed by atoms with van der Waals surface area (Å²) in [5.41, 5.74) is 0. The lowest BCUT2D eigenvalue weighted by atomic mass is 10.0. The summed E-state index contributed by atoms with van der Waals surface area (Å²) >= 11 is 0. The molecule has 0 aromatic carbocycles. The van der Waals surface area contributed by atoms with Crippen LogP contribution in [0.2, 0.25) is 0 Å². The Morgan fingerprint density at radius 1 is 0.400 bits per heavy atom. The van der Waals surface area contributed by atoms with Crippen LogP contribution in [0.15, 0.2) is 36.5 Å². The molecule has 0 aliphatic heterocycles. The highest BCUT2D eigenvalue weighted by Crippen LogP contribution is 2.18. The highest BCUT2D eigenvalue weighted by Gasteiger charge is 2.20. The molecule has 3 N–H and O–H groups in total. The Labute approximate surface area is 436 Å². The molecular formula is C64H121NO5. The summed E-state index contributed by atoms with van der Waals surface area (Å²) in [5.74, 6) is -0.0956. The second-order valence-electron chi connectivity index (χ2n) is 21.4. The van der Waals surface area contributed by atoms with Crippen LogP contribution in [-0.2, 0) is 14.3 Å². The lowest BCUT2D eigenvalue weighted by Crippen LogP contribution is -2.45. The highest BCUT2D eigenvalue weighted by atomic mass is 16.5. The second-order valence-corrected chi connectivity index (χ2v) is 21.4. The molecule has 6 nitrogen and oxygen atoms in total. The van der Waals surface area contributed by atoms with E-state index in [0.29, 0.717) is 25.9 Å². The number of aliphatic hydroxyl groups excluding tert-OH is 2. The molecule has 70 heavy (non-hydrogen) atoms. The topological polar surface area (TPSA) is 95.9 Å². The molecular weight excluding hydrogens is 863 g/mol. The number of unbranched alkanes of at least 4 members (excludes halogenated alkanes) is 41. The Morgan fingerprint density at radius 2 is 0.714 bits per heavy atom. The zero-order valence-corrected chi connectivity index (χ0v) is 47.0. The van der Waals surface area contributed by atoms with Crippen molar-refractivity contribution in [2.24, 2.45) is 0 Å². The monoisotopic (exact) mass is 984 g/mol. The summed E-state index contributed by atoms with van der Waals surface area (Å²) in [6, 6.07) is -0.565. The van der Waals surface area contributed by atoms with Gasteiger partial charge in [0.2, 0.25) is 5.91 Å². The normalized spacial score (nSPS) is 12.8. The fourth-order valence-corrected chi connectivity index (χ4v) is 9.61. The molecule has 0 aromatic heterocycles. The minimum absolute atomic E-state index is 0.0341. The van der Waals surface area contributed by atoms with Crippen LogP contribution in [0.4, 0.5) is 0 Å². The van der Waals surface area contributed by atoms with Crippen LogP contribution in [0, 0.1) is 0 Å². The third-order valence-electron chi connectivity index (χ3n) is 14.4. The van der Waals surface area contributed by atoms with Crippen molar-refractivity contribution in [3.05, 3.63) is 36.5 Å². The molecule has 0 rings (SSSR count). The minimum atomic E-state index is -0.685. The molecule has 2 unspecified atom stereocenters. The van der Waals surface area contributed by atoms with Gasteiger partial charge in [-0.3, -0.25) is 9.59 Å². The van der Waals surface area contributed by atoms with Gasteiger partial charge in [-0.25, -0.2) is 0 Å². The molecule has 0 spiro atoms. The minimum Gasteiger partial charge on any atom is -0.466 e. The molecule has 1 amide bonds. The second kappa shape index (κ2) is 59.6. The number of esters is 1. The van der Waals surface area contributed by atoms with Crippen molar-refractivity contribution in [1.29, 1.82) is 0 Å². The van der Waals surface area contributed by atoms with E-state index in [1.54, 1.807) is 0 Å². The van der Waals surface area contributed by atoms with Crippen LogP contribution < -0.4 is 5.32 Å². The van der Waals surface area contributed by atoms with Crippen molar-refractivity contribution >= 4 is 11.9 Å². The van der Waals surface area contributed by atoms with Gasteiger partial charge in [0, 0.05) is 12.8 Å². The fraction of sp³-hybridized carbons (Fsp3) is 0.875. The number of carbonyl (C=O) groups is 2. The first kappa shape index (κ1) is 68.1.